The summed E-state index contributed by atoms with van der Waals surface area (Å²) >= 11 is 0. The van der Waals surface area contributed by atoms with E-state index < -0.39 is 40.0 Å². The van der Waals surface area contributed by atoms with Gasteiger partial charge in [0.1, 0.15) is 5.78 Å². The molecule has 2 atom stereocenters. The van der Waals surface area contributed by atoms with Gasteiger partial charge in [0.25, 0.3) is 0 Å². The Balaban J connectivity index is 2.33. The van der Waals surface area contributed by atoms with Gasteiger partial charge in [-0.2, -0.15) is 0 Å². The smallest absolute Gasteiger partial charge is 0.166 e. The van der Waals surface area contributed by atoms with Crippen molar-refractivity contribution >= 4 is 5.78 Å². The summed E-state index contributed by atoms with van der Waals surface area (Å²) in [4.78, 5) is 15.3. The fourth-order valence-electron chi connectivity index (χ4n) is 4.23. The molecule has 0 aliphatic heterocycles. The lowest BCUT2D eigenvalue weighted by atomic mass is 9.66. The number of halogens is 4. The molecule has 0 spiro atoms. The average molecular weight is 458 g/mol. The van der Waals surface area contributed by atoms with Crippen LogP contribution in [0.3, 0.4) is 0 Å². The summed E-state index contributed by atoms with van der Waals surface area (Å²) < 4.78 is 59.0. The highest BCUT2D eigenvalue weighted by Gasteiger charge is 2.47. The molecule has 3 rings (SSSR count). The van der Waals surface area contributed by atoms with E-state index in [1.807, 2.05) is 30.3 Å². The minimum absolute atomic E-state index is 0.0614. The van der Waals surface area contributed by atoms with Gasteiger partial charge in [0.2, 0.25) is 0 Å². The Morgan fingerprint density at radius 2 is 1.39 bits per heavy atom. The highest BCUT2D eigenvalue weighted by molar-refractivity contribution is 5.94. The Kier molecular flexibility index (Phi) is 7.38. The van der Waals surface area contributed by atoms with Gasteiger partial charge in [0.05, 0.1) is 5.41 Å². The molecule has 0 saturated carbocycles. The molecule has 3 aromatic rings. The van der Waals surface area contributed by atoms with Crippen molar-refractivity contribution < 1.29 is 22.4 Å². The van der Waals surface area contributed by atoms with Crippen molar-refractivity contribution in [1.29, 1.82) is 0 Å². The zero-order valence-electron chi connectivity index (χ0n) is 19.1. The molecular weight excluding hydrogens is 430 g/mol. The molecular formula is C27H27F4NO. The number of benzene rings is 3. The summed E-state index contributed by atoms with van der Waals surface area (Å²) in [7, 11) is 3.53. The number of carbonyl (C=O) groups excluding carboxylic acids is 1. The maximum absolute atomic E-state index is 15.2. The van der Waals surface area contributed by atoms with Crippen molar-refractivity contribution in [2.45, 2.75) is 38.1 Å². The van der Waals surface area contributed by atoms with Gasteiger partial charge in [0, 0.05) is 24.1 Å². The second-order valence-electron chi connectivity index (χ2n) is 8.49. The van der Waals surface area contributed by atoms with Crippen molar-refractivity contribution in [2.24, 2.45) is 0 Å². The fraction of sp³-hybridized carbons (Fsp3) is 0.296. The van der Waals surface area contributed by atoms with Gasteiger partial charge in [0.15, 0.2) is 23.3 Å². The van der Waals surface area contributed by atoms with Crippen molar-refractivity contribution in [2.75, 3.05) is 14.1 Å². The van der Waals surface area contributed by atoms with Gasteiger partial charge in [-0.25, -0.2) is 17.6 Å². The van der Waals surface area contributed by atoms with Crippen LogP contribution >= 0.6 is 0 Å². The van der Waals surface area contributed by atoms with E-state index in [9.17, 15) is 13.6 Å². The zero-order valence-corrected chi connectivity index (χ0v) is 19.1. The van der Waals surface area contributed by atoms with E-state index in [0.717, 1.165) is 11.1 Å². The summed E-state index contributed by atoms with van der Waals surface area (Å²) in [5.74, 6) is -6.68. The molecule has 2 nitrogen and oxygen atoms in total. The molecule has 0 N–H and O–H groups in total. The molecule has 0 saturated heterocycles. The number of carbonyl (C=O) groups is 1. The van der Waals surface area contributed by atoms with Gasteiger partial charge < -0.3 is 4.90 Å². The summed E-state index contributed by atoms with van der Waals surface area (Å²) in [6.45, 7) is 3.36. The first kappa shape index (κ1) is 24.6. The lowest BCUT2D eigenvalue weighted by Crippen LogP contribution is -2.44. The quantitative estimate of drug-likeness (QED) is 0.284. The summed E-state index contributed by atoms with van der Waals surface area (Å²) in [5, 5.41) is 0. The minimum atomic E-state index is -1.91. The van der Waals surface area contributed by atoms with Crippen LogP contribution in [-0.4, -0.2) is 30.8 Å². The van der Waals surface area contributed by atoms with Crippen LogP contribution in [0.4, 0.5) is 17.6 Å². The second-order valence-corrected chi connectivity index (χ2v) is 8.49. The van der Waals surface area contributed by atoms with Crippen LogP contribution in [0.1, 0.15) is 37.8 Å². The van der Waals surface area contributed by atoms with Crippen molar-refractivity contribution in [1.82, 2.24) is 4.90 Å². The molecule has 0 bridgehead atoms. The van der Waals surface area contributed by atoms with E-state index in [-0.39, 0.29) is 30.5 Å². The molecule has 0 aliphatic rings. The van der Waals surface area contributed by atoms with Crippen LogP contribution in [0.2, 0.25) is 0 Å². The molecule has 33 heavy (non-hydrogen) atoms. The van der Waals surface area contributed by atoms with E-state index in [1.165, 1.54) is 0 Å². The fourth-order valence-corrected chi connectivity index (χ4v) is 4.23. The van der Waals surface area contributed by atoms with Gasteiger partial charge in [-0.1, -0.05) is 61.5 Å². The second kappa shape index (κ2) is 9.87. The number of nitrogens with zero attached hydrogens (tertiary/aromatic N) is 1. The van der Waals surface area contributed by atoms with E-state index in [1.54, 1.807) is 57.1 Å². The van der Waals surface area contributed by atoms with E-state index in [0.29, 0.717) is 0 Å². The summed E-state index contributed by atoms with van der Waals surface area (Å²) in [6.07, 6.45) is -0.133. The highest BCUT2D eigenvalue weighted by Crippen LogP contribution is 2.43. The van der Waals surface area contributed by atoms with Crippen molar-refractivity contribution in [3.05, 3.63) is 95.1 Å². The van der Waals surface area contributed by atoms with E-state index in [2.05, 4.69) is 0 Å². The van der Waals surface area contributed by atoms with Crippen LogP contribution in [-0.2, 0) is 10.2 Å². The molecule has 3 aromatic carbocycles. The largest absolute Gasteiger partial charge is 0.307 e. The van der Waals surface area contributed by atoms with E-state index >= 15 is 8.78 Å². The van der Waals surface area contributed by atoms with Gasteiger partial charge in [-0.15, -0.1) is 0 Å². The van der Waals surface area contributed by atoms with Crippen LogP contribution in [0.5, 0.6) is 0 Å². The Morgan fingerprint density at radius 1 is 0.879 bits per heavy atom. The van der Waals surface area contributed by atoms with Crippen LogP contribution in [0.15, 0.2) is 60.7 Å². The first-order valence-corrected chi connectivity index (χ1v) is 10.8. The topological polar surface area (TPSA) is 20.3 Å². The Bertz CT molecular complexity index is 1100. The van der Waals surface area contributed by atoms with Crippen LogP contribution in [0.25, 0.3) is 11.1 Å². The molecule has 0 heterocycles. The van der Waals surface area contributed by atoms with Crippen molar-refractivity contribution in [3.8, 4) is 11.1 Å². The normalized spacial score (nSPS) is 14.2. The van der Waals surface area contributed by atoms with Crippen LogP contribution < -0.4 is 0 Å². The zero-order chi connectivity index (χ0) is 24.3. The summed E-state index contributed by atoms with van der Waals surface area (Å²) in [5.41, 5.74) is -0.750. The first-order valence-electron chi connectivity index (χ1n) is 10.8. The third kappa shape index (κ3) is 4.58. The standard InChI is InChI=1S/C27H27F4NO/c1-5-23(33)27(16-17(2)32(3)4,24-25(30)21(28)15-22(29)26(24)31)20-13-11-19(12-14-20)18-9-7-6-8-10-18/h6-15,17H,5,16H2,1-4H3/t17-,27?/m1/s1. The van der Waals surface area contributed by atoms with Gasteiger partial charge in [-0.3, -0.25) is 4.79 Å². The van der Waals surface area contributed by atoms with Gasteiger partial charge >= 0.3 is 0 Å². The van der Waals surface area contributed by atoms with Crippen LogP contribution in [0, 0.1) is 23.3 Å². The number of Topliss-reactive ketones (excluding diaryl/α,β-unsaturated/α-hetero) is 1. The lowest BCUT2D eigenvalue weighted by molar-refractivity contribution is -0.123. The molecule has 0 fully saturated rings. The molecule has 0 amide bonds. The highest BCUT2D eigenvalue weighted by atomic mass is 19.2. The monoisotopic (exact) mass is 457 g/mol. The maximum atomic E-state index is 15.2. The molecule has 174 valence electrons. The molecule has 0 aromatic heterocycles. The third-order valence-corrected chi connectivity index (χ3v) is 6.30. The minimum Gasteiger partial charge on any atom is -0.307 e. The van der Waals surface area contributed by atoms with E-state index in [4.69, 9.17) is 0 Å². The number of hydrogen-bond acceptors (Lipinski definition) is 2. The number of hydrogen-bond donors (Lipinski definition) is 0. The Morgan fingerprint density at radius 3 is 1.88 bits per heavy atom. The number of rotatable bonds is 8. The molecule has 0 aliphatic carbocycles. The predicted octanol–water partition coefficient (Wildman–Crippen LogP) is 6.52. The molecule has 1 unspecified atom stereocenters. The maximum Gasteiger partial charge on any atom is 0.166 e. The first-order chi connectivity index (χ1) is 15.6. The molecule has 0 radical (unpaired) electrons. The predicted molar refractivity (Wildman–Crippen MR) is 122 cm³/mol. The number of ketones is 1. The van der Waals surface area contributed by atoms with Crippen molar-refractivity contribution in [3.63, 3.8) is 0 Å². The third-order valence-electron chi connectivity index (χ3n) is 6.30. The summed E-state index contributed by atoms with van der Waals surface area (Å²) in [6, 6.07) is 16.0. The lowest BCUT2D eigenvalue weighted by Gasteiger charge is -2.38. The molecule has 6 heteroatoms. The van der Waals surface area contributed by atoms with Gasteiger partial charge in [-0.05, 0) is 44.1 Å². The Labute approximate surface area is 191 Å². The SMILES string of the molecule is CCC(=O)C(C[C@@H](C)N(C)C)(c1ccc(-c2ccccc2)cc1)c1c(F)c(F)cc(F)c1F. The Hall–Kier alpha value is -2.99. The average Bonchev–Trinajstić information content (AvgIpc) is 2.82.